The van der Waals surface area contributed by atoms with Crippen molar-refractivity contribution in [1.29, 1.82) is 0 Å². The van der Waals surface area contributed by atoms with Gasteiger partial charge in [0.2, 0.25) is 0 Å². The van der Waals surface area contributed by atoms with Crippen molar-refractivity contribution in [1.82, 2.24) is 10.4 Å². The molecule has 2 N–H and O–H groups in total. The normalized spacial score (nSPS) is 14.8. The van der Waals surface area contributed by atoms with Gasteiger partial charge in [-0.3, -0.25) is 14.8 Å². The second-order valence-corrected chi connectivity index (χ2v) is 6.42. The van der Waals surface area contributed by atoms with Crippen LogP contribution in [-0.2, 0) is 14.3 Å². The Morgan fingerprint density at radius 1 is 1.03 bits per heavy atom. The van der Waals surface area contributed by atoms with Crippen LogP contribution >= 0.6 is 0 Å². The Bertz CT molecular complexity index is 932. The van der Waals surface area contributed by atoms with Crippen LogP contribution in [0, 0.1) is 5.82 Å². The van der Waals surface area contributed by atoms with Gasteiger partial charge in [-0.15, -0.1) is 0 Å². The van der Waals surface area contributed by atoms with Gasteiger partial charge < -0.3 is 9.64 Å². The predicted molar refractivity (Wildman–Crippen MR) is 107 cm³/mol. The molecule has 1 heterocycles. The van der Waals surface area contributed by atoms with Crippen molar-refractivity contribution in [3.63, 3.8) is 0 Å². The number of hydrogen-bond donors (Lipinski definition) is 2. The van der Waals surface area contributed by atoms with E-state index < -0.39 is 11.7 Å². The molecule has 1 fully saturated rings. The maximum atomic E-state index is 14.4. The third-order valence-corrected chi connectivity index (χ3v) is 4.48. The fourth-order valence-corrected chi connectivity index (χ4v) is 2.95. The second kappa shape index (κ2) is 9.77. The summed E-state index contributed by atoms with van der Waals surface area (Å²) in [6.07, 6.45) is 4.39. The topological polar surface area (TPSA) is 78.9 Å². The number of hydrogen-bond acceptors (Lipinski definition) is 4. The fraction of sp³-hybridized carbons (Fsp3) is 0.182. The quantitative estimate of drug-likeness (QED) is 0.353. The van der Waals surface area contributed by atoms with Gasteiger partial charge in [-0.25, -0.2) is 9.87 Å². The van der Waals surface area contributed by atoms with E-state index in [0.29, 0.717) is 31.9 Å². The number of morpholine rings is 1. The third kappa shape index (κ3) is 5.37. The van der Waals surface area contributed by atoms with Crippen LogP contribution in [-0.4, -0.2) is 48.2 Å². The first kappa shape index (κ1) is 20.4. The van der Waals surface area contributed by atoms with Crippen LogP contribution in [0.3, 0.4) is 0 Å². The third-order valence-electron chi connectivity index (χ3n) is 4.48. The van der Waals surface area contributed by atoms with Crippen LogP contribution in [0.5, 0.6) is 0 Å². The Balaban J connectivity index is 1.92. The van der Waals surface area contributed by atoms with Gasteiger partial charge in [0.05, 0.1) is 18.8 Å². The number of amides is 2. The van der Waals surface area contributed by atoms with Gasteiger partial charge in [-0.1, -0.05) is 42.5 Å². The molecule has 3 rings (SSSR count). The molecule has 2 aromatic carbocycles. The van der Waals surface area contributed by atoms with Crippen molar-refractivity contribution in [3.05, 3.63) is 77.1 Å². The molecule has 2 aromatic rings. The summed E-state index contributed by atoms with van der Waals surface area (Å²) in [4.78, 5) is 25.8. The Morgan fingerprint density at radius 2 is 1.69 bits per heavy atom. The number of rotatable bonds is 5. The van der Waals surface area contributed by atoms with E-state index in [1.807, 2.05) is 0 Å². The molecule has 6 nitrogen and oxygen atoms in total. The molecule has 1 aliphatic rings. The Morgan fingerprint density at radius 3 is 2.34 bits per heavy atom. The highest BCUT2D eigenvalue weighted by atomic mass is 19.1. The van der Waals surface area contributed by atoms with Crippen LogP contribution in [0.1, 0.15) is 16.7 Å². The average Bonchev–Trinajstić information content (AvgIpc) is 2.77. The first-order valence-corrected chi connectivity index (χ1v) is 9.14. The number of carbonyl (C=O) groups is 2. The van der Waals surface area contributed by atoms with Crippen molar-refractivity contribution in [3.8, 4) is 0 Å². The number of hydroxylamine groups is 1. The van der Waals surface area contributed by atoms with E-state index in [1.165, 1.54) is 23.7 Å². The maximum absolute atomic E-state index is 14.4. The molecule has 0 radical (unpaired) electrons. The molecule has 0 atom stereocenters. The van der Waals surface area contributed by atoms with Crippen LogP contribution in [0.25, 0.3) is 17.7 Å². The summed E-state index contributed by atoms with van der Waals surface area (Å²) >= 11 is 0. The predicted octanol–water partition coefficient (Wildman–Crippen LogP) is 2.74. The molecule has 1 aliphatic heterocycles. The minimum absolute atomic E-state index is 0.243. The molecule has 29 heavy (non-hydrogen) atoms. The van der Waals surface area contributed by atoms with E-state index in [2.05, 4.69) is 0 Å². The lowest BCUT2D eigenvalue weighted by Gasteiger charge is -2.28. The Kier molecular flexibility index (Phi) is 6.89. The molecule has 2 amide bonds. The molecule has 0 unspecified atom stereocenters. The van der Waals surface area contributed by atoms with Gasteiger partial charge in [0.25, 0.3) is 11.8 Å². The first-order chi connectivity index (χ1) is 14.1. The highest BCUT2D eigenvalue weighted by Gasteiger charge is 2.23. The lowest BCUT2D eigenvalue weighted by atomic mass is 10.00. The summed E-state index contributed by atoms with van der Waals surface area (Å²) in [5.41, 5.74) is 3.48. The smallest absolute Gasteiger partial charge is 0.267 e. The molecule has 0 aliphatic carbocycles. The van der Waals surface area contributed by atoms with E-state index in [1.54, 1.807) is 53.4 Å². The van der Waals surface area contributed by atoms with Gasteiger partial charge in [0.1, 0.15) is 5.82 Å². The number of nitrogens with one attached hydrogen (secondary N) is 1. The van der Waals surface area contributed by atoms with E-state index >= 15 is 0 Å². The second-order valence-electron chi connectivity index (χ2n) is 6.42. The minimum atomic E-state index is -0.632. The van der Waals surface area contributed by atoms with Crippen molar-refractivity contribution >= 4 is 29.5 Å². The van der Waals surface area contributed by atoms with Crippen LogP contribution in [0.4, 0.5) is 4.39 Å². The van der Waals surface area contributed by atoms with E-state index in [-0.39, 0.29) is 17.0 Å². The highest BCUT2D eigenvalue weighted by Crippen LogP contribution is 2.24. The molecular weight excluding hydrogens is 375 g/mol. The van der Waals surface area contributed by atoms with Crippen molar-refractivity contribution in [2.75, 3.05) is 26.3 Å². The van der Waals surface area contributed by atoms with Gasteiger partial charge in [0, 0.05) is 24.7 Å². The van der Waals surface area contributed by atoms with Gasteiger partial charge in [0.15, 0.2) is 0 Å². The van der Waals surface area contributed by atoms with Crippen LogP contribution in [0.2, 0.25) is 0 Å². The zero-order valence-electron chi connectivity index (χ0n) is 15.7. The lowest BCUT2D eigenvalue weighted by Crippen LogP contribution is -2.41. The number of nitrogens with zero attached hydrogens (tertiary/aromatic N) is 1. The molecule has 150 valence electrons. The number of halogens is 1. The molecule has 0 aromatic heterocycles. The number of benzene rings is 2. The van der Waals surface area contributed by atoms with E-state index in [4.69, 9.17) is 9.94 Å². The van der Waals surface area contributed by atoms with Crippen LogP contribution in [0.15, 0.2) is 54.6 Å². The highest BCUT2D eigenvalue weighted by molar-refractivity contribution is 6.24. The summed E-state index contributed by atoms with van der Waals surface area (Å²) in [5, 5.41) is 8.51. The van der Waals surface area contributed by atoms with Crippen molar-refractivity contribution in [2.45, 2.75) is 0 Å². The standard InChI is InChI=1S/C22H21FN2O4/c23-20-4-2-1-3-18(20)19(22(27)25-11-13-29-14-12-25)15-17-7-5-16(6-8-17)9-10-21(26)24-28/h1-10,15,28H,11-14H2,(H,24,26). The number of ether oxygens (including phenoxy) is 1. The zero-order chi connectivity index (χ0) is 20.6. The summed E-state index contributed by atoms with van der Waals surface area (Å²) in [7, 11) is 0. The summed E-state index contributed by atoms with van der Waals surface area (Å²) in [5.74, 6) is -1.34. The maximum Gasteiger partial charge on any atom is 0.267 e. The molecule has 7 heteroatoms. The Hall–Kier alpha value is -3.29. The minimum Gasteiger partial charge on any atom is -0.378 e. The first-order valence-electron chi connectivity index (χ1n) is 9.14. The lowest BCUT2D eigenvalue weighted by molar-refractivity contribution is -0.129. The van der Waals surface area contributed by atoms with Crippen molar-refractivity contribution < 1.29 is 23.9 Å². The average molecular weight is 396 g/mol. The summed E-state index contributed by atoms with van der Waals surface area (Å²) < 4.78 is 19.7. The molecular formula is C22H21FN2O4. The molecule has 0 bridgehead atoms. The zero-order valence-corrected chi connectivity index (χ0v) is 15.7. The summed E-state index contributed by atoms with van der Waals surface area (Å²) in [6.45, 7) is 1.83. The van der Waals surface area contributed by atoms with Gasteiger partial charge in [-0.2, -0.15) is 0 Å². The van der Waals surface area contributed by atoms with Crippen molar-refractivity contribution in [2.24, 2.45) is 0 Å². The largest absolute Gasteiger partial charge is 0.378 e. The van der Waals surface area contributed by atoms with E-state index in [0.717, 1.165) is 5.56 Å². The van der Waals surface area contributed by atoms with E-state index in [9.17, 15) is 14.0 Å². The van der Waals surface area contributed by atoms with Gasteiger partial charge >= 0.3 is 0 Å². The molecule has 0 saturated carbocycles. The summed E-state index contributed by atoms with van der Waals surface area (Å²) in [6, 6.07) is 13.2. The number of carbonyl (C=O) groups excluding carboxylic acids is 2. The van der Waals surface area contributed by atoms with Gasteiger partial charge in [-0.05, 0) is 29.3 Å². The fourth-order valence-electron chi connectivity index (χ4n) is 2.95. The molecule has 1 saturated heterocycles. The molecule has 0 spiro atoms. The Labute approximate surface area is 167 Å². The SMILES string of the molecule is O=C(C=Cc1ccc(C=C(C(=O)N2CCOCC2)c2ccccc2F)cc1)NO. The monoisotopic (exact) mass is 396 g/mol. The van der Waals surface area contributed by atoms with Crippen LogP contribution < -0.4 is 5.48 Å².